The molecular formula is C8H17NO. The summed E-state index contributed by atoms with van der Waals surface area (Å²) in [6.07, 6.45) is 4.22. The van der Waals surface area contributed by atoms with Crippen molar-refractivity contribution in [2.45, 2.75) is 38.7 Å². The van der Waals surface area contributed by atoms with E-state index in [0.717, 1.165) is 6.42 Å². The van der Waals surface area contributed by atoms with E-state index in [1.54, 1.807) is 0 Å². The molecule has 1 rings (SSSR count). The summed E-state index contributed by atoms with van der Waals surface area (Å²) >= 11 is 0. The van der Waals surface area contributed by atoms with E-state index in [0.29, 0.717) is 6.54 Å². The van der Waals surface area contributed by atoms with Gasteiger partial charge in [-0.25, -0.2) is 0 Å². The zero-order chi connectivity index (χ0) is 7.61. The van der Waals surface area contributed by atoms with Crippen LogP contribution in [0.25, 0.3) is 0 Å². The average molecular weight is 143 g/mol. The van der Waals surface area contributed by atoms with Crippen LogP contribution >= 0.6 is 0 Å². The standard InChI is InChI=1S/C8H17NO/c1-8(4-2-5-8)7(10)3-6-9/h7,10H,2-6,9H2,1H3. The number of hydrogen-bond acceptors (Lipinski definition) is 2. The summed E-state index contributed by atoms with van der Waals surface area (Å²) in [5.41, 5.74) is 5.55. The van der Waals surface area contributed by atoms with E-state index in [1.807, 2.05) is 0 Å². The van der Waals surface area contributed by atoms with Crippen molar-refractivity contribution in [2.24, 2.45) is 11.1 Å². The van der Waals surface area contributed by atoms with Gasteiger partial charge in [0.2, 0.25) is 0 Å². The van der Waals surface area contributed by atoms with Gasteiger partial charge >= 0.3 is 0 Å². The van der Waals surface area contributed by atoms with Crippen LogP contribution in [-0.2, 0) is 0 Å². The number of aliphatic hydroxyl groups is 1. The summed E-state index contributed by atoms with van der Waals surface area (Å²) in [6.45, 7) is 2.76. The van der Waals surface area contributed by atoms with Gasteiger partial charge in [0, 0.05) is 0 Å². The molecule has 0 heterocycles. The molecule has 1 aliphatic rings. The molecular weight excluding hydrogens is 126 g/mol. The predicted molar refractivity (Wildman–Crippen MR) is 41.6 cm³/mol. The highest BCUT2D eigenvalue weighted by Gasteiger charge is 2.37. The molecule has 0 radical (unpaired) electrons. The Morgan fingerprint density at radius 3 is 2.50 bits per heavy atom. The van der Waals surface area contributed by atoms with Crippen LogP contribution in [0.5, 0.6) is 0 Å². The lowest BCUT2D eigenvalue weighted by atomic mass is 9.66. The molecule has 0 saturated heterocycles. The third-order valence-corrected chi connectivity index (χ3v) is 2.74. The SMILES string of the molecule is CC1(C(O)CCN)CCC1. The molecule has 2 heteroatoms. The van der Waals surface area contributed by atoms with Gasteiger partial charge in [-0.05, 0) is 31.2 Å². The predicted octanol–water partition coefficient (Wildman–Crippen LogP) is 0.886. The van der Waals surface area contributed by atoms with E-state index in [4.69, 9.17) is 5.73 Å². The lowest BCUT2D eigenvalue weighted by Gasteiger charge is -2.42. The zero-order valence-corrected chi connectivity index (χ0v) is 6.64. The first-order valence-electron chi connectivity index (χ1n) is 4.07. The molecule has 1 aliphatic carbocycles. The molecule has 1 fully saturated rings. The summed E-state index contributed by atoms with van der Waals surface area (Å²) in [5, 5.41) is 9.55. The summed E-state index contributed by atoms with van der Waals surface area (Å²) in [7, 11) is 0. The first-order chi connectivity index (χ1) is 4.69. The van der Waals surface area contributed by atoms with E-state index < -0.39 is 0 Å². The number of nitrogens with two attached hydrogens (primary N) is 1. The van der Waals surface area contributed by atoms with Gasteiger partial charge in [-0.3, -0.25) is 0 Å². The minimum absolute atomic E-state index is 0.161. The van der Waals surface area contributed by atoms with Crippen LogP contribution in [0.3, 0.4) is 0 Å². The molecule has 10 heavy (non-hydrogen) atoms. The van der Waals surface area contributed by atoms with Crippen LogP contribution in [0.4, 0.5) is 0 Å². The van der Waals surface area contributed by atoms with E-state index in [2.05, 4.69) is 6.92 Å². The van der Waals surface area contributed by atoms with Gasteiger partial charge in [0.15, 0.2) is 0 Å². The maximum Gasteiger partial charge on any atom is 0.0605 e. The lowest BCUT2D eigenvalue weighted by Crippen LogP contribution is -2.39. The third kappa shape index (κ3) is 1.32. The Balaban J connectivity index is 2.31. The van der Waals surface area contributed by atoms with Gasteiger partial charge in [-0.15, -0.1) is 0 Å². The number of rotatable bonds is 3. The van der Waals surface area contributed by atoms with Gasteiger partial charge in [0.05, 0.1) is 6.10 Å². The molecule has 1 unspecified atom stereocenters. The summed E-state index contributed by atoms with van der Waals surface area (Å²) in [6, 6.07) is 0. The quantitative estimate of drug-likeness (QED) is 0.616. The highest BCUT2D eigenvalue weighted by atomic mass is 16.3. The van der Waals surface area contributed by atoms with E-state index >= 15 is 0 Å². The van der Waals surface area contributed by atoms with E-state index in [9.17, 15) is 5.11 Å². The summed E-state index contributed by atoms with van der Waals surface area (Å²) < 4.78 is 0. The Kier molecular flexibility index (Phi) is 2.32. The normalized spacial score (nSPS) is 25.5. The maximum atomic E-state index is 9.55. The van der Waals surface area contributed by atoms with Crippen LogP contribution in [0.2, 0.25) is 0 Å². The molecule has 0 aromatic carbocycles. The molecule has 60 valence electrons. The van der Waals surface area contributed by atoms with E-state index in [1.165, 1.54) is 19.3 Å². The lowest BCUT2D eigenvalue weighted by molar-refractivity contribution is -0.0231. The van der Waals surface area contributed by atoms with Crippen LogP contribution in [0.1, 0.15) is 32.6 Å². The third-order valence-electron chi connectivity index (χ3n) is 2.74. The summed E-state index contributed by atoms with van der Waals surface area (Å²) in [4.78, 5) is 0. The fourth-order valence-corrected chi connectivity index (χ4v) is 1.57. The van der Waals surface area contributed by atoms with Crippen molar-refractivity contribution in [3.05, 3.63) is 0 Å². The summed E-state index contributed by atoms with van der Waals surface area (Å²) in [5.74, 6) is 0. The van der Waals surface area contributed by atoms with Crippen molar-refractivity contribution < 1.29 is 5.11 Å². The Bertz CT molecular complexity index is 110. The molecule has 0 aromatic heterocycles. The van der Waals surface area contributed by atoms with Gasteiger partial charge in [-0.2, -0.15) is 0 Å². The monoisotopic (exact) mass is 143 g/mol. The fourth-order valence-electron chi connectivity index (χ4n) is 1.57. The molecule has 0 amide bonds. The molecule has 1 saturated carbocycles. The van der Waals surface area contributed by atoms with Gasteiger partial charge < -0.3 is 10.8 Å². The molecule has 0 aliphatic heterocycles. The highest BCUT2D eigenvalue weighted by molar-refractivity contribution is 4.89. The molecule has 3 N–H and O–H groups in total. The van der Waals surface area contributed by atoms with Crippen molar-refractivity contribution in [1.29, 1.82) is 0 Å². The zero-order valence-electron chi connectivity index (χ0n) is 6.64. The second kappa shape index (κ2) is 2.89. The van der Waals surface area contributed by atoms with Gasteiger partial charge in [-0.1, -0.05) is 13.3 Å². The molecule has 0 spiro atoms. The minimum atomic E-state index is -0.161. The molecule has 2 nitrogen and oxygen atoms in total. The first-order valence-corrected chi connectivity index (χ1v) is 4.07. The topological polar surface area (TPSA) is 46.2 Å². The Labute approximate surface area is 62.4 Å². The van der Waals surface area contributed by atoms with Crippen molar-refractivity contribution in [3.8, 4) is 0 Å². The smallest absolute Gasteiger partial charge is 0.0605 e. The number of aliphatic hydroxyl groups excluding tert-OH is 1. The van der Waals surface area contributed by atoms with Crippen LogP contribution in [-0.4, -0.2) is 17.8 Å². The van der Waals surface area contributed by atoms with Crippen LogP contribution in [0, 0.1) is 5.41 Å². The van der Waals surface area contributed by atoms with Crippen molar-refractivity contribution in [1.82, 2.24) is 0 Å². The average Bonchev–Trinajstić information content (AvgIpc) is 1.83. The molecule has 0 aromatic rings. The Hall–Kier alpha value is -0.0800. The Morgan fingerprint density at radius 1 is 1.60 bits per heavy atom. The fraction of sp³-hybridized carbons (Fsp3) is 1.00. The Morgan fingerprint density at radius 2 is 2.20 bits per heavy atom. The largest absolute Gasteiger partial charge is 0.393 e. The molecule has 1 atom stereocenters. The second-order valence-electron chi connectivity index (χ2n) is 3.60. The molecule has 0 bridgehead atoms. The second-order valence-corrected chi connectivity index (χ2v) is 3.60. The number of hydrogen-bond donors (Lipinski definition) is 2. The minimum Gasteiger partial charge on any atom is -0.393 e. The van der Waals surface area contributed by atoms with Crippen molar-refractivity contribution in [3.63, 3.8) is 0 Å². The van der Waals surface area contributed by atoms with E-state index in [-0.39, 0.29) is 11.5 Å². The van der Waals surface area contributed by atoms with Gasteiger partial charge in [0.1, 0.15) is 0 Å². The van der Waals surface area contributed by atoms with Crippen molar-refractivity contribution in [2.75, 3.05) is 6.54 Å². The van der Waals surface area contributed by atoms with Crippen LogP contribution < -0.4 is 5.73 Å². The highest BCUT2D eigenvalue weighted by Crippen LogP contribution is 2.43. The van der Waals surface area contributed by atoms with Gasteiger partial charge in [0.25, 0.3) is 0 Å². The van der Waals surface area contributed by atoms with Crippen molar-refractivity contribution >= 4 is 0 Å². The first kappa shape index (κ1) is 8.02. The van der Waals surface area contributed by atoms with Crippen LogP contribution in [0.15, 0.2) is 0 Å². The maximum absolute atomic E-state index is 9.55.